The molecule has 0 aliphatic heterocycles. The molecule has 0 amide bonds. The van der Waals surface area contributed by atoms with Crippen LogP contribution in [0.2, 0.25) is 0 Å². The van der Waals surface area contributed by atoms with E-state index in [2.05, 4.69) is 41.5 Å². The Morgan fingerprint density at radius 3 is 1.47 bits per heavy atom. The summed E-state index contributed by atoms with van der Waals surface area (Å²) in [5.41, 5.74) is 0.153. The number of rotatable bonds is 16. The van der Waals surface area contributed by atoms with Crippen LogP contribution in [0.5, 0.6) is 17.2 Å². The lowest BCUT2D eigenvalue weighted by Gasteiger charge is -2.21. The van der Waals surface area contributed by atoms with E-state index in [9.17, 15) is 9.90 Å². The molecule has 0 aliphatic carbocycles. The summed E-state index contributed by atoms with van der Waals surface area (Å²) in [7, 11) is 0. The van der Waals surface area contributed by atoms with E-state index in [1.165, 1.54) is 0 Å². The van der Waals surface area contributed by atoms with E-state index in [-0.39, 0.29) is 5.56 Å². The fourth-order valence-corrected chi connectivity index (χ4v) is 3.47. The van der Waals surface area contributed by atoms with Crippen molar-refractivity contribution in [3.8, 4) is 17.2 Å². The Morgan fingerprint density at radius 1 is 0.767 bits per heavy atom. The van der Waals surface area contributed by atoms with Crippen LogP contribution in [0.15, 0.2) is 12.1 Å². The number of carbonyl (C=O) groups is 1. The van der Waals surface area contributed by atoms with Gasteiger partial charge in [-0.05, 0) is 49.1 Å². The van der Waals surface area contributed by atoms with Crippen LogP contribution in [-0.2, 0) is 0 Å². The average molecular weight is 423 g/mol. The molecule has 0 aromatic heterocycles. The van der Waals surface area contributed by atoms with Crippen molar-refractivity contribution in [3.05, 3.63) is 17.7 Å². The lowest BCUT2D eigenvalue weighted by atomic mass is 10.1. The SMILES string of the molecule is CCCC(C)COc1cc(C(=O)O)cc(OCC(C)CCC)c1OCC(C)CCC. The van der Waals surface area contributed by atoms with Gasteiger partial charge in [0.05, 0.1) is 25.4 Å². The van der Waals surface area contributed by atoms with Gasteiger partial charge in [0.15, 0.2) is 11.5 Å². The molecule has 5 nitrogen and oxygen atoms in total. The molecule has 1 N–H and O–H groups in total. The minimum absolute atomic E-state index is 0.153. The normalized spacial score (nSPS) is 14.1. The van der Waals surface area contributed by atoms with Crippen molar-refractivity contribution in [2.45, 2.75) is 80.1 Å². The van der Waals surface area contributed by atoms with Crippen LogP contribution in [0.4, 0.5) is 0 Å². The molecule has 172 valence electrons. The van der Waals surface area contributed by atoms with Crippen LogP contribution in [0, 0.1) is 17.8 Å². The van der Waals surface area contributed by atoms with Gasteiger partial charge in [-0.25, -0.2) is 4.79 Å². The monoisotopic (exact) mass is 422 g/mol. The highest BCUT2D eigenvalue weighted by atomic mass is 16.5. The molecular formula is C25H42O5. The summed E-state index contributed by atoms with van der Waals surface area (Å²) >= 11 is 0. The van der Waals surface area contributed by atoms with Crippen LogP contribution in [0.25, 0.3) is 0 Å². The first kappa shape index (κ1) is 26.1. The van der Waals surface area contributed by atoms with Crippen molar-refractivity contribution in [2.75, 3.05) is 19.8 Å². The third kappa shape index (κ3) is 9.27. The van der Waals surface area contributed by atoms with Gasteiger partial charge in [-0.15, -0.1) is 0 Å². The molecule has 0 aliphatic rings. The summed E-state index contributed by atoms with van der Waals surface area (Å²) in [6.45, 7) is 14.5. The summed E-state index contributed by atoms with van der Waals surface area (Å²) < 4.78 is 18.3. The topological polar surface area (TPSA) is 65.0 Å². The molecule has 0 spiro atoms. The van der Waals surface area contributed by atoms with Crippen molar-refractivity contribution in [3.63, 3.8) is 0 Å². The summed E-state index contributed by atoms with van der Waals surface area (Å²) in [5, 5.41) is 9.58. The van der Waals surface area contributed by atoms with Crippen LogP contribution >= 0.6 is 0 Å². The number of hydrogen-bond donors (Lipinski definition) is 1. The molecule has 1 aromatic rings. The van der Waals surface area contributed by atoms with E-state index in [1.807, 2.05) is 0 Å². The van der Waals surface area contributed by atoms with Gasteiger partial charge in [-0.1, -0.05) is 60.8 Å². The zero-order chi connectivity index (χ0) is 22.5. The molecule has 1 rings (SSSR count). The third-order valence-corrected chi connectivity index (χ3v) is 5.17. The van der Waals surface area contributed by atoms with Crippen LogP contribution in [0.1, 0.15) is 90.4 Å². The fourth-order valence-electron chi connectivity index (χ4n) is 3.47. The Morgan fingerprint density at radius 2 is 1.13 bits per heavy atom. The van der Waals surface area contributed by atoms with Crippen LogP contribution in [-0.4, -0.2) is 30.9 Å². The van der Waals surface area contributed by atoms with Gasteiger partial charge in [0.1, 0.15) is 0 Å². The van der Waals surface area contributed by atoms with Gasteiger partial charge >= 0.3 is 5.97 Å². The first-order chi connectivity index (χ1) is 14.3. The first-order valence-electron chi connectivity index (χ1n) is 11.6. The highest BCUT2D eigenvalue weighted by Crippen LogP contribution is 2.40. The molecule has 3 unspecified atom stereocenters. The van der Waals surface area contributed by atoms with Crippen molar-refractivity contribution < 1.29 is 24.1 Å². The van der Waals surface area contributed by atoms with E-state index in [0.717, 1.165) is 38.5 Å². The quantitative estimate of drug-likeness (QED) is 0.316. The second-order valence-electron chi connectivity index (χ2n) is 8.72. The van der Waals surface area contributed by atoms with Crippen LogP contribution < -0.4 is 14.2 Å². The Labute approximate surface area is 183 Å². The number of hydrogen-bond acceptors (Lipinski definition) is 4. The number of carboxylic acids is 1. The highest BCUT2D eigenvalue weighted by Gasteiger charge is 2.20. The number of benzene rings is 1. The van der Waals surface area contributed by atoms with Gasteiger partial charge in [0.25, 0.3) is 0 Å². The van der Waals surface area contributed by atoms with Gasteiger partial charge in [0.2, 0.25) is 5.75 Å². The Bertz CT molecular complexity index is 591. The molecule has 30 heavy (non-hydrogen) atoms. The lowest BCUT2D eigenvalue weighted by Crippen LogP contribution is -2.15. The molecule has 1 aromatic carbocycles. The maximum Gasteiger partial charge on any atom is 0.335 e. The summed E-state index contributed by atoms with van der Waals surface area (Å²) in [4.78, 5) is 11.7. The minimum Gasteiger partial charge on any atom is -0.489 e. The highest BCUT2D eigenvalue weighted by molar-refractivity contribution is 5.89. The van der Waals surface area contributed by atoms with Crippen molar-refractivity contribution in [2.24, 2.45) is 17.8 Å². The van der Waals surface area contributed by atoms with E-state index < -0.39 is 5.97 Å². The standard InChI is InChI=1S/C25H42O5/c1-7-10-18(4)15-28-22-13-21(25(26)27)14-23(29-16-19(5)11-8-2)24(22)30-17-20(6)12-9-3/h13-14,18-20H,7-12,15-17H2,1-6H3,(H,26,27). The van der Waals surface area contributed by atoms with Crippen molar-refractivity contribution in [1.82, 2.24) is 0 Å². The second kappa shape index (κ2) is 14.2. The number of aromatic carboxylic acids is 1. The Balaban J connectivity index is 3.18. The van der Waals surface area contributed by atoms with Crippen molar-refractivity contribution >= 4 is 5.97 Å². The molecular weight excluding hydrogens is 380 g/mol. The zero-order valence-electron chi connectivity index (χ0n) is 19.8. The Hall–Kier alpha value is -1.91. The summed E-state index contributed by atoms with van der Waals surface area (Å²) in [6.07, 6.45) is 6.45. The third-order valence-electron chi connectivity index (χ3n) is 5.17. The molecule has 0 fully saturated rings. The maximum absolute atomic E-state index is 11.7. The smallest absolute Gasteiger partial charge is 0.335 e. The molecule has 0 bridgehead atoms. The minimum atomic E-state index is -1.00. The maximum atomic E-state index is 11.7. The first-order valence-corrected chi connectivity index (χ1v) is 11.6. The zero-order valence-corrected chi connectivity index (χ0v) is 19.8. The predicted octanol–water partition coefficient (Wildman–Crippen LogP) is 6.83. The number of ether oxygens (including phenoxy) is 3. The van der Waals surface area contributed by atoms with E-state index in [4.69, 9.17) is 14.2 Å². The van der Waals surface area contributed by atoms with E-state index in [1.54, 1.807) is 12.1 Å². The van der Waals surface area contributed by atoms with Crippen LogP contribution in [0.3, 0.4) is 0 Å². The van der Waals surface area contributed by atoms with E-state index in [0.29, 0.717) is 54.8 Å². The van der Waals surface area contributed by atoms with E-state index >= 15 is 0 Å². The fraction of sp³-hybridized carbons (Fsp3) is 0.720. The van der Waals surface area contributed by atoms with Gasteiger partial charge in [0, 0.05) is 0 Å². The van der Waals surface area contributed by atoms with Crippen molar-refractivity contribution in [1.29, 1.82) is 0 Å². The molecule has 0 saturated carbocycles. The molecule has 3 atom stereocenters. The van der Waals surface area contributed by atoms with Gasteiger partial charge in [-0.3, -0.25) is 0 Å². The second-order valence-corrected chi connectivity index (χ2v) is 8.72. The summed E-state index contributed by atoms with van der Waals surface area (Å²) in [6, 6.07) is 3.12. The number of carboxylic acid groups (broad SMARTS) is 1. The molecule has 5 heteroatoms. The predicted molar refractivity (Wildman–Crippen MR) is 122 cm³/mol. The van der Waals surface area contributed by atoms with Gasteiger partial charge < -0.3 is 19.3 Å². The largest absolute Gasteiger partial charge is 0.489 e. The Kier molecular flexibility index (Phi) is 12.3. The summed E-state index contributed by atoms with van der Waals surface area (Å²) in [5.74, 6) is 1.59. The molecule has 0 heterocycles. The average Bonchev–Trinajstić information content (AvgIpc) is 2.69. The molecule has 0 radical (unpaired) electrons. The molecule has 0 saturated heterocycles. The van der Waals surface area contributed by atoms with Gasteiger partial charge in [-0.2, -0.15) is 0 Å². The lowest BCUT2D eigenvalue weighted by molar-refractivity contribution is 0.0695.